The van der Waals surface area contributed by atoms with Gasteiger partial charge in [0.2, 0.25) is 11.8 Å². The normalized spacial score (nSPS) is 15.6. The van der Waals surface area contributed by atoms with Crippen LogP contribution < -0.4 is 20.7 Å². The van der Waals surface area contributed by atoms with E-state index in [-0.39, 0.29) is 30.1 Å². The van der Waals surface area contributed by atoms with Crippen molar-refractivity contribution in [3.05, 3.63) is 62.8 Å². The maximum absolute atomic E-state index is 12.4. The van der Waals surface area contributed by atoms with Crippen molar-refractivity contribution in [1.29, 1.82) is 0 Å². The van der Waals surface area contributed by atoms with E-state index in [0.717, 1.165) is 4.57 Å². The molecular formula is C20H22N4O6. The van der Waals surface area contributed by atoms with Gasteiger partial charge in [-0.1, -0.05) is 12.1 Å². The minimum Gasteiger partial charge on any atom is -0.494 e. The van der Waals surface area contributed by atoms with E-state index < -0.39 is 23.2 Å². The molecule has 1 aliphatic heterocycles. The lowest BCUT2D eigenvalue weighted by molar-refractivity contribution is -0.130. The monoisotopic (exact) mass is 414 g/mol. The molecule has 1 atom stereocenters. The quantitative estimate of drug-likeness (QED) is 0.683. The fourth-order valence-electron chi connectivity index (χ4n) is 3.39. The summed E-state index contributed by atoms with van der Waals surface area (Å²) in [4.78, 5) is 38.8. The maximum atomic E-state index is 12.4. The molecule has 0 radical (unpaired) electrons. The Balaban J connectivity index is 2.09. The van der Waals surface area contributed by atoms with E-state index >= 15 is 0 Å². The van der Waals surface area contributed by atoms with Crippen molar-refractivity contribution in [2.45, 2.75) is 25.9 Å². The summed E-state index contributed by atoms with van der Waals surface area (Å²) < 4.78 is 11.5. The molecule has 1 amide bonds. The van der Waals surface area contributed by atoms with E-state index in [1.54, 1.807) is 18.2 Å². The third-order valence-electron chi connectivity index (χ3n) is 4.80. The molecule has 2 N–H and O–H groups in total. The third kappa shape index (κ3) is 3.59. The molecule has 2 aromatic rings. The first-order chi connectivity index (χ1) is 14.3. The first-order valence-electron chi connectivity index (χ1n) is 9.08. The number of carbonyl (C=O) groups is 1. The van der Waals surface area contributed by atoms with Crippen molar-refractivity contribution in [2.24, 2.45) is 5.10 Å². The second-order valence-corrected chi connectivity index (χ2v) is 6.60. The molecule has 0 saturated heterocycles. The van der Waals surface area contributed by atoms with Crippen LogP contribution in [0.2, 0.25) is 0 Å². The third-order valence-corrected chi connectivity index (χ3v) is 4.80. The number of hydrogen-bond donors (Lipinski definition) is 2. The number of hydrazone groups is 1. The molecule has 10 heteroatoms. The lowest BCUT2D eigenvalue weighted by Crippen LogP contribution is -2.33. The zero-order valence-corrected chi connectivity index (χ0v) is 16.8. The largest absolute Gasteiger partial charge is 0.494 e. The molecule has 0 spiro atoms. The molecule has 0 fully saturated rings. The second-order valence-electron chi connectivity index (χ2n) is 6.60. The summed E-state index contributed by atoms with van der Waals surface area (Å²) in [5, 5.41) is 16.1. The number of H-pyrrole nitrogens is 1. The van der Waals surface area contributed by atoms with Gasteiger partial charge in [0.15, 0.2) is 11.5 Å². The Bertz CT molecular complexity index is 1150. The van der Waals surface area contributed by atoms with Gasteiger partial charge in [0.05, 0.1) is 26.0 Å². The van der Waals surface area contributed by atoms with Gasteiger partial charge in [0.1, 0.15) is 5.56 Å². The van der Waals surface area contributed by atoms with Crippen LogP contribution in [0.3, 0.4) is 0 Å². The van der Waals surface area contributed by atoms with E-state index in [0.29, 0.717) is 17.1 Å². The number of hydrogen-bond acceptors (Lipinski definition) is 7. The molecule has 158 valence electrons. The Kier molecular flexibility index (Phi) is 5.77. The summed E-state index contributed by atoms with van der Waals surface area (Å²) in [5.41, 5.74) is -0.822. The first-order valence-corrected chi connectivity index (χ1v) is 9.08. The van der Waals surface area contributed by atoms with Crippen LogP contribution in [0.15, 0.2) is 45.5 Å². The van der Waals surface area contributed by atoms with Gasteiger partial charge in [-0.15, -0.1) is 6.58 Å². The first kappa shape index (κ1) is 20.9. The van der Waals surface area contributed by atoms with Crippen LogP contribution >= 0.6 is 0 Å². The van der Waals surface area contributed by atoms with Crippen molar-refractivity contribution in [3.63, 3.8) is 0 Å². The SMILES string of the molecule is C=CCn1c(O)c(C2=NN(C(C)=O)[C@@H](c3ccc(OC)c(OC)c3)C2)c(=O)[nH]c1=O. The smallest absolute Gasteiger partial charge is 0.331 e. The maximum Gasteiger partial charge on any atom is 0.331 e. The van der Waals surface area contributed by atoms with Gasteiger partial charge in [-0.05, 0) is 17.7 Å². The molecule has 3 rings (SSSR count). The Morgan fingerprint density at radius 2 is 2.03 bits per heavy atom. The van der Waals surface area contributed by atoms with Crippen LogP contribution in [0, 0.1) is 0 Å². The highest BCUT2D eigenvalue weighted by Crippen LogP contribution is 2.37. The minimum absolute atomic E-state index is 0.00272. The zero-order valence-electron chi connectivity index (χ0n) is 16.8. The molecule has 0 saturated carbocycles. The van der Waals surface area contributed by atoms with Crippen molar-refractivity contribution in [2.75, 3.05) is 14.2 Å². The van der Waals surface area contributed by atoms with E-state index in [2.05, 4.69) is 16.7 Å². The number of aromatic nitrogens is 2. The average molecular weight is 414 g/mol. The lowest BCUT2D eigenvalue weighted by Gasteiger charge is -2.21. The summed E-state index contributed by atoms with van der Waals surface area (Å²) in [6.07, 6.45) is 1.56. The summed E-state index contributed by atoms with van der Waals surface area (Å²) >= 11 is 0. The molecule has 30 heavy (non-hydrogen) atoms. The standard InChI is InChI=1S/C20H22N4O6/c1-5-8-23-19(27)17(18(26)21-20(23)28)13-10-14(24(22-13)11(2)25)12-6-7-15(29-3)16(9-12)30-4/h5-7,9,14,27H,1,8,10H2,2-4H3,(H,21,26,28)/t14-/m1/s1. The number of benzene rings is 1. The van der Waals surface area contributed by atoms with E-state index in [1.165, 1.54) is 32.2 Å². The van der Waals surface area contributed by atoms with Crippen LogP contribution in [0.1, 0.15) is 30.5 Å². The zero-order chi connectivity index (χ0) is 22.0. The van der Waals surface area contributed by atoms with Gasteiger partial charge in [0.25, 0.3) is 5.56 Å². The number of methoxy groups -OCH3 is 2. The molecule has 0 unspecified atom stereocenters. The Labute approximate surface area is 171 Å². The van der Waals surface area contributed by atoms with Gasteiger partial charge in [0, 0.05) is 19.9 Å². The Morgan fingerprint density at radius 1 is 1.33 bits per heavy atom. The summed E-state index contributed by atoms with van der Waals surface area (Å²) in [5.74, 6) is 0.131. The van der Waals surface area contributed by atoms with E-state index in [1.807, 2.05) is 0 Å². The van der Waals surface area contributed by atoms with Gasteiger partial charge in [-0.3, -0.25) is 19.1 Å². The molecule has 0 bridgehead atoms. The topological polar surface area (TPSA) is 126 Å². The number of aromatic hydroxyl groups is 1. The van der Waals surface area contributed by atoms with Crippen LogP contribution in [-0.4, -0.2) is 45.5 Å². The fourth-order valence-corrected chi connectivity index (χ4v) is 3.39. The summed E-state index contributed by atoms with van der Waals surface area (Å²) in [6, 6.07) is 4.67. The van der Waals surface area contributed by atoms with Crippen LogP contribution in [-0.2, 0) is 11.3 Å². The molecule has 10 nitrogen and oxygen atoms in total. The number of nitrogens with one attached hydrogen (secondary N) is 1. The number of ether oxygens (including phenoxy) is 2. The van der Waals surface area contributed by atoms with Crippen LogP contribution in [0.5, 0.6) is 17.4 Å². The van der Waals surface area contributed by atoms with Crippen molar-refractivity contribution in [1.82, 2.24) is 14.6 Å². The molecule has 1 aromatic heterocycles. The lowest BCUT2D eigenvalue weighted by atomic mass is 9.98. The highest BCUT2D eigenvalue weighted by molar-refractivity contribution is 6.04. The van der Waals surface area contributed by atoms with Crippen molar-refractivity contribution < 1.29 is 19.4 Å². The number of allylic oxidation sites excluding steroid dienone is 1. The van der Waals surface area contributed by atoms with Crippen LogP contribution in [0.4, 0.5) is 0 Å². The number of amides is 1. The highest BCUT2D eigenvalue weighted by atomic mass is 16.5. The molecular weight excluding hydrogens is 392 g/mol. The number of nitrogens with zero attached hydrogens (tertiary/aromatic N) is 3. The van der Waals surface area contributed by atoms with Crippen molar-refractivity contribution >= 4 is 11.6 Å². The predicted molar refractivity (Wildman–Crippen MR) is 109 cm³/mol. The second kappa shape index (κ2) is 8.27. The Morgan fingerprint density at radius 3 is 2.63 bits per heavy atom. The Hall–Kier alpha value is -3.82. The van der Waals surface area contributed by atoms with Crippen molar-refractivity contribution in [3.8, 4) is 17.4 Å². The fraction of sp³-hybridized carbons (Fsp3) is 0.300. The number of rotatable bonds is 6. The number of aromatic amines is 1. The predicted octanol–water partition coefficient (Wildman–Crippen LogP) is 1.14. The molecule has 2 heterocycles. The van der Waals surface area contributed by atoms with E-state index in [4.69, 9.17) is 9.47 Å². The van der Waals surface area contributed by atoms with Crippen LogP contribution in [0.25, 0.3) is 0 Å². The summed E-state index contributed by atoms with van der Waals surface area (Å²) in [6.45, 7) is 4.88. The summed E-state index contributed by atoms with van der Waals surface area (Å²) in [7, 11) is 3.02. The number of carbonyl (C=O) groups excluding carboxylic acids is 1. The van der Waals surface area contributed by atoms with Gasteiger partial charge >= 0.3 is 5.69 Å². The van der Waals surface area contributed by atoms with Gasteiger partial charge in [-0.25, -0.2) is 9.80 Å². The van der Waals surface area contributed by atoms with E-state index in [9.17, 15) is 19.5 Å². The molecule has 1 aromatic carbocycles. The minimum atomic E-state index is -0.784. The molecule has 1 aliphatic rings. The highest BCUT2D eigenvalue weighted by Gasteiger charge is 2.34. The van der Waals surface area contributed by atoms with Gasteiger partial charge < -0.3 is 14.6 Å². The van der Waals surface area contributed by atoms with Gasteiger partial charge in [-0.2, -0.15) is 5.10 Å². The average Bonchev–Trinajstić information content (AvgIpc) is 3.15. The molecule has 0 aliphatic carbocycles.